The number of anilines is 1. The van der Waals surface area contributed by atoms with Crippen LogP contribution >= 0.6 is 0 Å². The lowest BCUT2D eigenvalue weighted by atomic mass is 10.1. The highest BCUT2D eigenvalue weighted by molar-refractivity contribution is 5.55. The number of benzene rings is 1. The van der Waals surface area contributed by atoms with Gasteiger partial charge in [-0.15, -0.1) is 0 Å². The van der Waals surface area contributed by atoms with Crippen LogP contribution in [0.4, 0.5) is 5.69 Å². The number of rotatable bonds is 3. The normalized spacial score (nSPS) is 10.1. The van der Waals surface area contributed by atoms with Gasteiger partial charge >= 0.3 is 0 Å². The number of phenols is 1. The summed E-state index contributed by atoms with van der Waals surface area (Å²) in [4.78, 5) is 2.27. The third-order valence-corrected chi connectivity index (χ3v) is 2.28. The minimum absolute atomic E-state index is 0.341. The fraction of sp³-hybridized carbons (Fsp3) is 0.455. The number of aryl methyl sites for hydroxylation is 1. The second kappa shape index (κ2) is 4.17. The second-order valence-corrected chi connectivity index (χ2v) is 3.14. The molecule has 0 aliphatic rings. The van der Waals surface area contributed by atoms with Gasteiger partial charge in [-0.2, -0.15) is 0 Å². The van der Waals surface area contributed by atoms with Crippen molar-refractivity contribution in [2.24, 2.45) is 0 Å². The summed E-state index contributed by atoms with van der Waals surface area (Å²) in [5, 5.41) is 9.25. The Bertz CT molecular complexity index is 279. The molecule has 0 aliphatic heterocycles. The standard InChI is InChI=1S/C11H17NO/c1-4-12(5-2)11-7-6-10(13)8-9(11)3/h6-8,13H,4-5H2,1-3H3. The number of hydrogen-bond donors (Lipinski definition) is 1. The van der Waals surface area contributed by atoms with Crippen LogP contribution in [0.5, 0.6) is 5.75 Å². The van der Waals surface area contributed by atoms with E-state index in [-0.39, 0.29) is 0 Å². The van der Waals surface area contributed by atoms with Gasteiger partial charge in [0.15, 0.2) is 0 Å². The molecular weight excluding hydrogens is 162 g/mol. The first-order valence-electron chi connectivity index (χ1n) is 4.73. The molecule has 0 saturated heterocycles. The van der Waals surface area contributed by atoms with Gasteiger partial charge in [-0.25, -0.2) is 0 Å². The van der Waals surface area contributed by atoms with E-state index in [0.717, 1.165) is 18.7 Å². The zero-order chi connectivity index (χ0) is 9.84. The minimum atomic E-state index is 0.341. The molecule has 0 spiro atoms. The Morgan fingerprint density at radius 2 is 1.85 bits per heavy atom. The summed E-state index contributed by atoms with van der Waals surface area (Å²) in [6, 6.07) is 5.51. The maximum atomic E-state index is 9.25. The molecule has 2 nitrogen and oxygen atoms in total. The molecule has 72 valence electrons. The molecule has 1 N–H and O–H groups in total. The van der Waals surface area contributed by atoms with Gasteiger partial charge in [0.1, 0.15) is 5.75 Å². The molecule has 0 heterocycles. The Hall–Kier alpha value is -1.18. The van der Waals surface area contributed by atoms with Crippen LogP contribution in [0, 0.1) is 6.92 Å². The van der Waals surface area contributed by atoms with Gasteiger partial charge in [0.05, 0.1) is 0 Å². The first-order valence-corrected chi connectivity index (χ1v) is 4.73. The van der Waals surface area contributed by atoms with Crippen molar-refractivity contribution in [3.05, 3.63) is 23.8 Å². The molecule has 1 aromatic rings. The molecule has 0 radical (unpaired) electrons. The van der Waals surface area contributed by atoms with Crippen LogP contribution in [0.15, 0.2) is 18.2 Å². The lowest BCUT2D eigenvalue weighted by molar-refractivity contribution is 0.475. The Labute approximate surface area is 79.8 Å². The van der Waals surface area contributed by atoms with Crippen LogP contribution in [-0.4, -0.2) is 18.2 Å². The minimum Gasteiger partial charge on any atom is -0.508 e. The zero-order valence-corrected chi connectivity index (χ0v) is 8.54. The van der Waals surface area contributed by atoms with E-state index in [0.29, 0.717) is 5.75 Å². The van der Waals surface area contributed by atoms with E-state index >= 15 is 0 Å². The highest BCUT2D eigenvalue weighted by Crippen LogP contribution is 2.23. The van der Waals surface area contributed by atoms with E-state index in [1.165, 1.54) is 5.69 Å². The van der Waals surface area contributed by atoms with Crippen molar-refractivity contribution < 1.29 is 5.11 Å². The second-order valence-electron chi connectivity index (χ2n) is 3.14. The molecule has 0 bridgehead atoms. The molecule has 0 atom stereocenters. The molecule has 0 fully saturated rings. The molecule has 0 unspecified atom stereocenters. The fourth-order valence-electron chi connectivity index (χ4n) is 1.56. The van der Waals surface area contributed by atoms with E-state index in [1.54, 1.807) is 12.1 Å². The highest BCUT2D eigenvalue weighted by Gasteiger charge is 2.04. The quantitative estimate of drug-likeness (QED) is 0.770. The first-order chi connectivity index (χ1) is 6.19. The van der Waals surface area contributed by atoms with Crippen LogP contribution in [0.3, 0.4) is 0 Å². The molecule has 0 aliphatic carbocycles. The number of hydrogen-bond acceptors (Lipinski definition) is 2. The lowest BCUT2D eigenvalue weighted by Crippen LogP contribution is -2.22. The van der Waals surface area contributed by atoms with Crippen molar-refractivity contribution in [2.45, 2.75) is 20.8 Å². The SMILES string of the molecule is CCN(CC)c1ccc(O)cc1C. The Morgan fingerprint density at radius 3 is 2.31 bits per heavy atom. The smallest absolute Gasteiger partial charge is 0.115 e. The maximum Gasteiger partial charge on any atom is 0.115 e. The fourth-order valence-corrected chi connectivity index (χ4v) is 1.56. The van der Waals surface area contributed by atoms with Crippen molar-refractivity contribution in [1.29, 1.82) is 0 Å². The average molecular weight is 179 g/mol. The van der Waals surface area contributed by atoms with Gasteiger partial charge in [0, 0.05) is 18.8 Å². The molecule has 0 aromatic heterocycles. The van der Waals surface area contributed by atoms with E-state index in [9.17, 15) is 5.11 Å². The molecule has 1 rings (SSSR count). The molecule has 2 heteroatoms. The maximum absolute atomic E-state index is 9.25. The third kappa shape index (κ3) is 2.14. The predicted octanol–water partition coefficient (Wildman–Crippen LogP) is 2.55. The van der Waals surface area contributed by atoms with E-state index in [4.69, 9.17) is 0 Å². The molecular formula is C11H17NO. The first kappa shape index (κ1) is 9.90. The largest absolute Gasteiger partial charge is 0.508 e. The monoisotopic (exact) mass is 179 g/mol. The Kier molecular flexibility index (Phi) is 3.18. The summed E-state index contributed by atoms with van der Waals surface area (Å²) >= 11 is 0. The van der Waals surface area contributed by atoms with Crippen molar-refractivity contribution >= 4 is 5.69 Å². The van der Waals surface area contributed by atoms with Crippen LogP contribution in [0.1, 0.15) is 19.4 Å². The summed E-state index contributed by atoms with van der Waals surface area (Å²) in [5.74, 6) is 0.341. The van der Waals surface area contributed by atoms with Gasteiger partial charge in [0.2, 0.25) is 0 Å². The highest BCUT2D eigenvalue weighted by atomic mass is 16.3. The van der Waals surface area contributed by atoms with Crippen LogP contribution in [0.2, 0.25) is 0 Å². The molecule has 0 amide bonds. The summed E-state index contributed by atoms with van der Waals surface area (Å²) in [5.41, 5.74) is 2.34. The Morgan fingerprint density at radius 1 is 1.23 bits per heavy atom. The van der Waals surface area contributed by atoms with E-state index in [2.05, 4.69) is 18.7 Å². The lowest BCUT2D eigenvalue weighted by Gasteiger charge is -2.23. The Balaban J connectivity index is 2.99. The summed E-state index contributed by atoms with van der Waals surface area (Å²) in [6.07, 6.45) is 0. The zero-order valence-electron chi connectivity index (χ0n) is 8.54. The van der Waals surface area contributed by atoms with Crippen molar-refractivity contribution in [2.75, 3.05) is 18.0 Å². The van der Waals surface area contributed by atoms with Crippen LogP contribution in [0.25, 0.3) is 0 Å². The molecule has 1 aromatic carbocycles. The van der Waals surface area contributed by atoms with Gasteiger partial charge in [-0.3, -0.25) is 0 Å². The van der Waals surface area contributed by atoms with Crippen LogP contribution in [-0.2, 0) is 0 Å². The summed E-state index contributed by atoms with van der Waals surface area (Å²) in [7, 11) is 0. The summed E-state index contributed by atoms with van der Waals surface area (Å²) in [6.45, 7) is 8.29. The number of nitrogens with zero attached hydrogens (tertiary/aromatic N) is 1. The van der Waals surface area contributed by atoms with E-state index in [1.807, 2.05) is 13.0 Å². The topological polar surface area (TPSA) is 23.5 Å². The van der Waals surface area contributed by atoms with Crippen molar-refractivity contribution in [1.82, 2.24) is 0 Å². The molecule has 0 saturated carbocycles. The van der Waals surface area contributed by atoms with Gasteiger partial charge in [-0.05, 0) is 44.5 Å². The molecule has 13 heavy (non-hydrogen) atoms. The predicted molar refractivity (Wildman–Crippen MR) is 56.4 cm³/mol. The van der Waals surface area contributed by atoms with Gasteiger partial charge in [0.25, 0.3) is 0 Å². The van der Waals surface area contributed by atoms with Crippen LogP contribution < -0.4 is 4.90 Å². The number of aromatic hydroxyl groups is 1. The average Bonchev–Trinajstić information content (AvgIpc) is 2.10. The van der Waals surface area contributed by atoms with Gasteiger partial charge < -0.3 is 10.0 Å². The van der Waals surface area contributed by atoms with E-state index < -0.39 is 0 Å². The summed E-state index contributed by atoms with van der Waals surface area (Å²) < 4.78 is 0. The van der Waals surface area contributed by atoms with Gasteiger partial charge in [-0.1, -0.05) is 0 Å². The van der Waals surface area contributed by atoms with Crippen molar-refractivity contribution in [3.63, 3.8) is 0 Å². The number of phenolic OH excluding ortho intramolecular Hbond substituents is 1. The third-order valence-electron chi connectivity index (χ3n) is 2.28. The van der Waals surface area contributed by atoms with Crippen molar-refractivity contribution in [3.8, 4) is 5.75 Å².